The Morgan fingerprint density at radius 2 is 1.77 bits per heavy atom. The highest BCUT2D eigenvalue weighted by Gasteiger charge is 2.36. The van der Waals surface area contributed by atoms with Crippen molar-refractivity contribution in [2.45, 2.75) is 25.2 Å². The van der Waals surface area contributed by atoms with Gasteiger partial charge in [0.25, 0.3) is 0 Å². The Morgan fingerprint density at radius 3 is 2.57 bits per heavy atom. The molecule has 1 unspecified atom stereocenters. The van der Waals surface area contributed by atoms with Gasteiger partial charge in [-0.2, -0.15) is 4.98 Å². The van der Waals surface area contributed by atoms with E-state index >= 15 is 0 Å². The van der Waals surface area contributed by atoms with Crippen molar-refractivity contribution >= 4 is 28.8 Å². The monoisotopic (exact) mass is 405 g/mol. The molecule has 2 aliphatic rings. The molecule has 1 fully saturated rings. The topological polar surface area (TPSA) is 77.1 Å². The average molecular weight is 405 g/mol. The summed E-state index contributed by atoms with van der Waals surface area (Å²) >= 11 is 0. The summed E-state index contributed by atoms with van der Waals surface area (Å²) in [6.07, 6.45) is 3.45. The maximum absolute atomic E-state index is 14.3. The maximum Gasteiger partial charge on any atom is 0.229 e. The number of anilines is 5. The zero-order valence-corrected chi connectivity index (χ0v) is 16.5. The van der Waals surface area contributed by atoms with E-state index in [1.165, 1.54) is 6.07 Å². The van der Waals surface area contributed by atoms with Crippen LogP contribution in [-0.2, 0) is 0 Å². The number of nitrogens with one attached hydrogen (secondary N) is 4. The third-order valence-electron chi connectivity index (χ3n) is 5.48. The quantitative estimate of drug-likeness (QED) is 0.515. The Bertz CT molecular complexity index is 1010. The molecule has 30 heavy (non-hydrogen) atoms. The molecule has 1 aromatic heterocycles. The Hall–Kier alpha value is -3.39. The van der Waals surface area contributed by atoms with Crippen LogP contribution in [0.1, 0.15) is 12.8 Å². The van der Waals surface area contributed by atoms with E-state index in [4.69, 9.17) is 4.98 Å². The number of halogens is 1. The minimum atomic E-state index is -0.304. The molecule has 1 atom stereocenters. The van der Waals surface area contributed by atoms with Gasteiger partial charge in [0, 0.05) is 11.7 Å². The van der Waals surface area contributed by atoms with Gasteiger partial charge in [0.15, 0.2) is 12.1 Å². The van der Waals surface area contributed by atoms with Crippen LogP contribution in [-0.4, -0.2) is 35.4 Å². The highest BCUT2D eigenvalue weighted by Crippen LogP contribution is 2.37. The number of nitrogens with zero attached hydrogens (tertiary/aromatic N) is 3. The molecule has 3 heterocycles. The number of aromatic nitrogens is 2. The van der Waals surface area contributed by atoms with Crippen LogP contribution in [0.2, 0.25) is 0 Å². The predicted octanol–water partition coefficient (Wildman–Crippen LogP) is 3.74. The van der Waals surface area contributed by atoms with E-state index in [9.17, 15) is 4.39 Å². The van der Waals surface area contributed by atoms with E-state index in [-0.39, 0.29) is 18.1 Å². The van der Waals surface area contributed by atoms with Crippen LogP contribution >= 0.6 is 0 Å². The first-order valence-electron chi connectivity index (χ1n) is 10.2. The molecule has 0 saturated carbocycles. The molecule has 0 aliphatic carbocycles. The lowest BCUT2D eigenvalue weighted by molar-refractivity contribution is 0.420. The fourth-order valence-electron chi connectivity index (χ4n) is 4.02. The van der Waals surface area contributed by atoms with Crippen LogP contribution in [0.5, 0.6) is 0 Å². The maximum atomic E-state index is 14.3. The summed E-state index contributed by atoms with van der Waals surface area (Å²) in [5.74, 6) is 1.08. The lowest BCUT2D eigenvalue weighted by Gasteiger charge is -2.37. The SMILES string of the molecule is Fc1ccccc1NC1Nc2cnc(Nc3ccccc3)nc2N1C1CCNCC1. The van der Waals surface area contributed by atoms with Crippen molar-refractivity contribution in [3.8, 4) is 0 Å². The minimum Gasteiger partial charge on any atom is -0.346 e. The summed E-state index contributed by atoms with van der Waals surface area (Å²) in [6, 6.07) is 16.8. The van der Waals surface area contributed by atoms with Gasteiger partial charge in [0.05, 0.1) is 17.6 Å². The summed E-state index contributed by atoms with van der Waals surface area (Å²) in [7, 11) is 0. The molecule has 3 aromatic rings. The molecular weight excluding hydrogens is 381 g/mol. The second-order valence-electron chi connectivity index (χ2n) is 7.48. The van der Waals surface area contributed by atoms with Gasteiger partial charge >= 0.3 is 0 Å². The van der Waals surface area contributed by atoms with Gasteiger partial charge in [-0.25, -0.2) is 9.37 Å². The van der Waals surface area contributed by atoms with E-state index in [0.29, 0.717) is 11.6 Å². The smallest absolute Gasteiger partial charge is 0.229 e. The zero-order chi connectivity index (χ0) is 20.3. The number of hydrogen-bond donors (Lipinski definition) is 4. The first-order chi connectivity index (χ1) is 14.8. The molecule has 2 aromatic carbocycles. The third-order valence-corrected chi connectivity index (χ3v) is 5.48. The van der Waals surface area contributed by atoms with Gasteiger partial charge in [-0.1, -0.05) is 30.3 Å². The first kappa shape index (κ1) is 18.6. The van der Waals surface area contributed by atoms with Crippen LogP contribution in [0.4, 0.5) is 33.2 Å². The van der Waals surface area contributed by atoms with Gasteiger partial charge in [0.2, 0.25) is 5.95 Å². The fourth-order valence-corrected chi connectivity index (χ4v) is 4.02. The molecule has 5 rings (SSSR count). The molecule has 154 valence electrons. The van der Waals surface area contributed by atoms with E-state index in [1.54, 1.807) is 18.3 Å². The largest absolute Gasteiger partial charge is 0.346 e. The molecular formula is C22H24FN7. The number of fused-ring (bicyclic) bond motifs is 1. The van der Waals surface area contributed by atoms with Crippen molar-refractivity contribution in [3.63, 3.8) is 0 Å². The van der Waals surface area contributed by atoms with E-state index in [1.807, 2.05) is 36.4 Å². The Labute approximate surface area is 174 Å². The molecule has 0 spiro atoms. The number of para-hydroxylation sites is 2. The van der Waals surface area contributed by atoms with E-state index in [2.05, 4.69) is 31.2 Å². The number of piperidine rings is 1. The van der Waals surface area contributed by atoms with Crippen molar-refractivity contribution < 1.29 is 4.39 Å². The summed E-state index contributed by atoms with van der Waals surface area (Å²) in [5.41, 5.74) is 2.22. The molecule has 0 amide bonds. The summed E-state index contributed by atoms with van der Waals surface area (Å²) < 4.78 is 14.3. The number of benzene rings is 2. The first-order valence-corrected chi connectivity index (χ1v) is 10.2. The van der Waals surface area contributed by atoms with Gasteiger partial charge < -0.3 is 26.2 Å². The lowest BCUT2D eigenvalue weighted by atomic mass is 10.1. The summed E-state index contributed by atoms with van der Waals surface area (Å²) in [4.78, 5) is 11.5. The van der Waals surface area contributed by atoms with E-state index < -0.39 is 0 Å². The fraction of sp³-hybridized carbons (Fsp3) is 0.273. The van der Waals surface area contributed by atoms with Crippen LogP contribution in [0.15, 0.2) is 60.8 Å². The molecule has 1 saturated heterocycles. The average Bonchev–Trinajstić information content (AvgIpc) is 3.14. The normalized spacial score (nSPS) is 18.6. The molecule has 2 aliphatic heterocycles. The molecule has 0 bridgehead atoms. The lowest BCUT2D eigenvalue weighted by Crippen LogP contribution is -2.51. The van der Waals surface area contributed by atoms with Gasteiger partial charge in [-0.15, -0.1) is 0 Å². The van der Waals surface area contributed by atoms with Gasteiger partial charge in [0.1, 0.15) is 5.82 Å². The summed E-state index contributed by atoms with van der Waals surface area (Å²) in [5, 5.41) is 13.4. The van der Waals surface area contributed by atoms with Gasteiger partial charge in [-0.05, 0) is 50.2 Å². The second kappa shape index (κ2) is 8.16. The number of rotatable bonds is 5. The van der Waals surface area contributed by atoms with Gasteiger partial charge in [-0.3, -0.25) is 0 Å². The Kier molecular flexibility index (Phi) is 5.06. The van der Waals surface area contributed by atoms with Crippen molar-refractivity contribution in [1.82, 2.24) is 15.3 Å². The van der Waals surface area contributed by atoms with Crippen LogP contribution in [0, 0.1) is 5.82 Å². The van der Waals surface area contributed by atoms with Crippen LogP contribution in [0.25, 0.3) is 0 Å². The van der Waals surface area contributed by atoms with E-state index in [0.717, 1.165) is 43.1 Å². The predicted molar refractivity (Wildman–Crippen MR) is 118 cm³/mol. The molecule has 8 heteroatoms. The molecule has 0 radical (unpaired) electrons. The second-order valence-corrected chi connectivity index (χ2v) is 7.48. The van der Waals surface area contributed by atoms with Crippen LogP contribution < -0.4 is 26.2 Å². The highest BCUT2D eigenvalue weighted by molar-refractivity contribution is 5.75. The summed E-state index contributed by atoms with van der Waals surface area (Å²) in [6.45, 7) is 1.90. The van der Waals surface area contributed by atoms with Crippen molar-refractivity contribution in [3.05, 3.63) is 66.6 Å². The minimum absolute atomic E-state index is 0.280. The van der Waals surface area contributed by atoms with Crippen molar-refractivity contribution in [1.29, 1.82) is 0 Å². The highest BCUT2D eigenvalue weighted by atomic mass is 19.1. The Balaban J connectivity index is 1.45. The number of hydrogen-bond acceptors (Lipinski definition) is 7. The Morgan fingerprint density at radius 1 is 1.00 bits per heavy atom. The third kappa shape index (κ3) is 3.73. The standard InChI is InChI=1S/C22H24FN7/c23-17-8-4-5-9-18(17)27-22-28-19-14-25-21(26-15-6-2-1-3-7-15)29-20(19)30(22)16-10-12-24-13-11-16/h1-9,14,16,22,24,27-28H,10-13H2,(H,25,26,29). The zero-order valence-electron chi connectivity index (χ0n) is 16.5. The van der Waals surface area contributed by atoms with Crippen molar-refractivity contribution in [2.24, 2.45) is 0 Å². The molecule has 7 nitrogen and oxygen atoms in total. The van der Waals surface area contributed by atoms with Crippen molar-refractivity contribution in [2.75, 3.05) is 33.9 Å². The van der Waals surface area contributed by atoms with Crippen LogP contribution in [0.3, 0.4) is 0 Å². The molecule has 4 N–H and O–H groups in total.